The Morgan fingerprint density at radius 1 is 1.41 bits per heavy atom. The van der Waals surface area contributed by atoms with E-state index in [9.17, 15) is 4.21 Å². The van der Waals surface area contributed by atoms with Crippen LogP contribution in [-0.4, -0.2) is 29.7 Å². The van der Waals surface area contributed by atoms with Crippen LogP contribution in [0.25, 0.3) is 0 Å². The van der Waals surface area contributed by atoms with Crippen LogP contribution in [0, 0.1) is 0 Å². The number of ether oxygens (including phenoxy) is 1. The molecule has 1 aromatic rings. The van der Waals surface area contributed by atoms with Gasteiger partial charge in [0.15, 0.2) is 0 Å². The van der Waals surface area contributed by atoms with Gasteiger partial charge in [0.05, 0.1) is 22.8 Å². The van der Waals surface area contributed by atoms with Gasteiger partial charge < -0.3 is 10.1 Å². The Morgan fingerprint density at radius 2 is 2.18 bits per heavy atom. The van der Waals surface area contributed by atoms with Crippen molar-refractivity contribution in [3.05, 3.63) is 24.3 Å². The fraction of sp³-hybridized carbons (Fsp3) is 0.538. The molecule has 0 amide bonds. The molecule has 17 heavy (non-hydrogen) atoms. The molecule has 1 unspecified atom stereocenters. The lowest BCUT2D eigenvalue weighted by Gasteiger charge is -2.08. The zero-order chi connectivity index (χ0) is 12.1. The van der Waals surface area contributed by atoms with Crippen LogP contribution in [0.5, 0.6) is 5.75 Å². The first kappa shape index (κ1) is 12.6. The number of hydrogen-bond donors (Lipinski definition) is 1. The maximum atomic E-state index is 12.1. The molecule has 4 heteroatoms. The number of benzene rings is 1. The van der Waals surface area contributed by atoms with Gasteiger partial charge in [0.1, 0.15) is 5.75 Å². The highest BCUT2D eigenvalue weighted by Gasteiger charge is 2.19. The van der Waals surface area contributed by atoms with Crippen LogP contribution in [0.1, 0.15) is 19.3 Å². The third-order valence-electron chi connectivity index (χ3n) is 2.83. The summed E-state index contributed by atoms with van der Waals surface area (Å²) >= 11 is 0. The van der Waals surface area contributed by atoms with Gasteiger partial charge in [-0.25, -0.2) is 0 Å². The van der Waals surface area contributed by atoms with Gasteiger partial charge in [-0.2, -0.15) is 0 Å². The van der Waals surface area contributed by atoms with Crippen molar-refractivity contribution in [3.63, 3.8) is 0 Å². The summed E-state index contributed by atoms with van der Waals surface area (Å²) in [6.45, 7) is 0.964. The topological polar surface area (TPSA) is 38.3 Å². The minimum atomic E-state index is -0.954. The van der Waals surface area contributed by atoms with Crippen molar-refractivity contribution in [1.82, 2.24) is 5.32 Å². The van der Waals surface area contributed by atoms with Crippen LogP contribution in [0.2, 0.25) is 0 Å². The Labute approximate surface area is 105 Å². The summed E-state index contributed by atoms with van der Waals surface area (Å²) in [4.78, 5) is 0.807. The van der Waals surface area contributed by atoms with E-state index >= 15 is 0 Å². The molecule has 1 aromatic carbocycles. The standard InChI is InChI=1S/C13H19NO2S/c1-16-12-5-2-3-6-13(12)17(15)10-4-9-14-11-7-8-11/h2-3,5-6,11,14H,4,7-10H2,1H3. The molecule has 1 aliphatic carbocycles. The predicted molar refractivity (Wildman–Crippen MR) is 69.9 cm³/mol. The number of para-hydroxylation sites is 1. The second-order valence-electron chi connectivity index (χ2n) is 4.28. The predicted octanol–water partition coefficient (Wildman–Crippen LogP) is 1.94. The smallest absolute Gasteiger partial charge is 0.134 e. The summed E-state index contributed by atoms with van der Waals surface area (Å²) in [6.07, 6.45) is 3.55. The van der Waals surface area contributed by atoms with E-state index in [0.29, 0.717) is 5.75 Å². The van der Waals surface area contributed by atoms with Crippen LogP contribution in [0.3, 0.4) is 0 Å². The van der Waals surface area contributed by atoms with Gasteiger partial charge in [0, 0.05) is 11.8 Å². The average Bonchev–Trinajstić information content (AvgIpc) is 3.18. The SMILES string of the molecule is COc1ccccc1S(=O)CCCNC1CC1. The quantitative estimate of drug-likeness (QED) is 0.755. The van der Waals surface area contributed by atoms with Crippen LogP contribution in [-0.2, 0) is 10.8 Å². The molecule has 0 bridgehead atoms. The van der Waals surface area contributed by atoms with Gasteiger partial charge in [-0.3, -0.25) is 4.21 Å². The highest BCUT2D eigenvalue weighted by molar-refractivity contribution is 7.85. The molecule has 1 atom stereocenters. The fourth-order valence-electron chi connectivity index (χ4n) is 1.71. The highest BCUT2D eigenvalue weighted by Crippen LogP contribution is 2.22. The molecule has 1 aliphatic rings. The third-order valence-corrected chi connectivity index (χ3v) is 4.32. The van der Waals surface area contributed by atoms with E-state index in [0.717, 1.165) is 29.7 Å². The van der Waals surface area contributed by atoms with Crippen molar-refractivity contribution in [2.75, 3.05) is 19.4 Å². The average molecular weight is 253 g/mol. The maximum absolute atomic E-state index is 12.1. The van der Waals surface area contributed by atoms with Crippen molar-refractivity contribution in [2.45, 2.75) is 30.2 Å². The number of methoxy groups -OCH3 is 1. The largest absolute Gasteiger partial charge is 0.495 e. The molecule has 94 valence electrons. The van der Waals surface area contributed by atoms with E-state index < -0.39 is 10.8 Å². The Morgan fingerprint density at radius 3 is 2.88 bits per heavy atom. The van der Waals surface area contributed by atoms with Crippen LogP contribution >= 0.6 is 0 Å². The normalized spacial score (nSPS) is 16.8. The first-order chi connectivity index (χ1) is 8.31. The first-order valence-corrected chi connectivity index (χ1v) is 7.38. The molecule has 0 radical (unpaired) electrons. The van der Waals surface area contributed by atoms with Crippen molar-refractivity contribution in [3.8, 4) is 5.75 Å². The van der Waals surface area contributed by atoms with Crippen LogP contribution in [0.4, 0.5) is 0 Å². The molecule has 3 nitrogen and oxygen atoms in total. The van der Waals surface area contributed by atoms with Gasteiger partial charge >= 0.3 is 0 Å². The summed E-state index contributed by atoms with van der Waals surface area (Å²) in [5.41, 5.74) is 0. The number of rotatable bonds is 7. The summed E-state index contributed by atoms with van der Waals surface area (Å²) in [7, 11) is 0.662. The molecule has 1 fully saturated rings. The lowest BCUT2D eigenvalue weighted by atomic mass is 10.3. The number of hydrogen-bond acceptors (Lipinski definition) is 3. The van der Waals surface area contributed by atoms with E-state index in [-0.39, 0.29) is 0 Å². The number of nitrogens with one attached hydrogen (secondary N) is 1. The van der Waals surface area contributed by atoms with Crippen molar-refractivity contribution >= 4 is 10.8 Å². The second kappa shape index (κ2) is 6.17. The van der Waals surface area contributed by atoms with Crippen molar-refractivity contribution in [1.29, 1.82) is 0 Å². The molecule has 0 aromatic heterocycles. The van der Waals surface area contributed by atoms with Crippen molar-refractivity contribution in [2.24, 2.45) is 0 Å². The fourth-order valence-corrected chi connectivity index (χ4v) is 2.95. The molecule has 2 rings (SSSR count). The minimum absolute atomic E-state index is 0.695. The Bertz CT molecular complexity index is 391. The van der Waals surface area contributed by atoms with Gasteiger partial charge in [-0.1, -0.05) is 12.1 Å². The molecular weight excluding hydrogens is 234 g/mol. The minimum Gasteiger partial charge on any atom is -0.495 e. The zero-order valence-electron chi connectivity index (χ0n) is 10.1. The van der Waals surface area contributed by atoms with Gasteiger partial charge in [0.25, 0.3) is 0 Å². The van der Waals surface area contributed by atoms with Crippen LogP contribution in [0.15, 0.2) is 29.2 Å². The monoisotopic (exact) mass is 253 g/mol. The highest BCUT2D eigenvalue weighted by atomic mass is 32.2. The van der Waals surface area contributed by atoms with E-state index in [2.05, 4.69) is 5.32 Å². The molecule has 1 N–H and O–H groups in total. The zero-order valence-corrected chi connectivity index (χ0v) is 11.0. The molecule has 0 saturated heterocycles. The molecule has 0 heterocycles. The van der Waals surface area contributed by atoms with E-state index in [1.807, 2.05) is 24.3 Å². The Balaban J connectivity index is 1.80. The Kier molecular flexibility index (Phi) is 4.57. The second-order valence-corrected chi connectivity index (χ2v) is 5.82. The summed E-state index contributed by atoms with van der Waals surface area (Å²) in [6, 6.07) is 8.26. The molecule has 0 spiro atoms. The lowest BCUT2D eigenvalue weighted by molar-refractivity contribution is 0.404. The van der Waals surface area contributed by atoms with Gasteiger partial charge in [0.2, 0.25) is 0 Å². The molecule has 0 aliphatic heterocycles. The van der Waals surface area contributed by atoms with Gasteiger partial charge in [-0.05, 0) is 37.9 Å². The lowest BCUT2D eigenvalue weighted by Crippen LogP contribution is -2.19. The summed E-state index contributed by atoms with van der Waals surface area (Å²) in [5.74, 6) is 1.42. The molecule has 1 saturated carbocycles. The summed E-state index contributed by atoms with van der Waals surface area (Å²) < 4.78 is 17.3. The molecular formula is C13H19NO2S. The van der Waals surface area contributed by atoms with Crippen molar-refractivity contribution < 1.29 is 8.95 Å². The van der Waals surface area contributed by atoms with E-state index in [4.69, 9.17) is 4.74 Å². The van der Waals surface area contributed by atoms with E-state index in [1.54, 1.807) is 7.11 Å². The maximum Gasteiger partial charge on any atom is 0.134 e. The van der Waals surface area contributed by atoms with Gasteiger partial charge in [-0.15, -0.1) is 0 Å². The third kappa shape index (κ3) is 3.82. The summed E-state index contributed by atoms with van der Waals surface area (Å²) in [5, 5.41) is 3.43. The van der Waals surface area contributed by atoms with Crippen LogP contribution < -0.4 is 10.1 Å². The first-order valence-electron chi connectivity index (χ1n) is 6.06. The van der Waals surface area contributed by atoms with E-state index in [1.165, 1.54) is 12.8 Å². The Hall–Kier alpha value is -0.870.